The Hall–Kier alpha value is -2.45. The summed E-state index contributed by atoms with van der Waals surface area (Å²) in [5, 5.41) is 8.60. The van der Waals surface area contributed by atoms with Gasteiger partial charge in [0.2, 0.25) is 0 Å². The third-order valence-electron chi connectivity index (χ3n) is 2.17. The molecule has 1 N–H and O–H groups in total. The molecule has 2 rings (SSSR count). The molecular weight excluding hydrogens is 247 g/mol. The van der Waals surface area contributed by atoms with Crippen molar-refractivity contribution in [3.63, 3.8) is 0 Å². The van der Waals surface area contributed by atoms with Gasteiger partial charge >= 0.3 is 0 Å². The molecule has 0 bridgehead atoms. The molecular formula is C14H11FN2O2. The average Bonchev–Trinajstić information content (AvgIpc) is 2.43. The Morgan fingerprint density at radius 2 is 2.00 bits per heavy atom. The molecule has 1 aromatic carbocycles. The molecule has 5 heteroatoms. The fourth-order valence-corrected chi connectivity index (χ4v) is 1.41. The summed E-state index contributed by atoms with van der Waals surface area (Å²) in [6.45, 7) is -0.123. The summed E-state index contributed by atoms with van der Waals surface area (Å²) in [4.78, 5) is 7.99. The van der Waals surface area contributed by atoms with Crippen molar-refractivity contribution in [2.75, 3.05) is 6.61 Å². The molecule has 96 valence electrons. The molecule has 0 aliphatic carbocycles. The summed E-state index contributed by atoms with van der Waals surface area (Å²) in [5.41, 5.74) is 0.443. The van der Waals surface area contributed by atoms with E-state index in [9.17, 15) is 4.39 Å². The topological polar surface area (TPSA) is 55.2 Å². The van der Waals surface area contributed by atoms with Gasteiger partial charge in [-0.15, -0.1) is 0 Å². The van der Waals surface area contributed by atoms with Gasteiger partial charge in [0.15, 0.2) is 5.82 Å². The van der Waals surface area contributed by atoms with E-state index in [0.717, 1.165) is 0 Å². The van der Waals surface area contributed by atoms with Crippen LogP contribution in [0.3, 0.4) is 0 Å². The van der Waals surface area contributed by atoms with E-state index in [-0.39, 0.29) is 13.2 Å². The summed E-state index contributed by atoms with van der Waals surface area (Å²) in [6, 6.07) is 5.82. The van der Waals surface area contributed by atoms with E-state index in [1.54, 1.807) is 24.5 Å². The number of benzene rings is 1. The summed E-state index contributed by atoms with van der Waals surface area (Å²) in [7, 11) is 0. The van der Waals surface area contributed by atoms with Crippen LogP contribution in [0.25, 0.3) is 0 Å². The van der Waals surface area contributed by atoms with Crippen molar-refractivity contribution < 1.29 is 14.2 Å². The van der Waals surface area contributed by atoms with E-state index in [2.05, 4.69) is 21.8 Å². The van der Waals surface area contributed by atoms with Crippen LogP contribution in [-0.2, 0) is 6.61 Å². The molecule has 0 aliphatic rings. The summed E-state index contributed by atoms with van der Waals surface area (Å²) >= 11 is 0. The van der Waals surface area contributed by atoms with Crippen LogP contribution in [0.5, 0.6) is 5.75 Å². The first kappa shape index (κ1) is 13.0. The van der Waals surface area contributed by atoms with Gasteiger partial charge in [0.1, 0.15) is 24.8 Å². The first-order valence-corrected chi connectivity index (χ1v) is 5.57. The van der Waals surface area contributed by atoms with Crippen molar-refractivity contribution in [3.05, 3.63) is 53.9 Å². The van der Waals surface area contributed by atoms with Crippen LogP contribution < -0.4 is 4.74 Å². The van der Waals surface area contributed by atoms with Gasteiger partial charge in [0.05, 0.1) is 0 Å². The number of aromatic nitrogens is 2. The number of aliphatic hydroxyl groups is 1. The highest BCUT2D eigenvalue weighted by Crippen LogP contribution is 2.16. The Labute approximate surface area is 109 Å². The zero-order valence-electron chi connectivity index (χ0n) is 10.0. The van der Waals surface area contributed by atoms with Crippen molar-refractivity contribution in [2.45, 2.75) is 6.61 Å². The highest BCUT2D eigenvalue weighted by atomic mass is 19.1. The number of hydrogen-bond acceptors (Lipinski definition) is 4. The number of halogens is 1. The van der Waals surface area contributed by atoms with Gasteiger partial charge in [0, 0.05) is 24.0 Å². The first-order chi connectivity index (χ1) is 9.28. The van der Waals surface area contributed by atoms with Crippen LogP contribution in [0.1, 0.15) is 11.4 Å². The van der Waals surface area contributed by atoms with E-state index in [4.69, 9.17) is 9.84 Å². The van der Waals surface area contributed by atoms with Gasteiger partial charge < -0.3 is 9.84 Å². The average molecular weight is 258 g/mol. The molecule has 1 aromatic heterocycles. The third kappa shape index (κ3) is 4.05. The molecule has 0 radical (unpaired) electrons. The quantitative estimate of drug-likeness (QED) is 0.848. The number of ether oxygens (including phenoxy) is 1. The van der Waals surface area contributed by atoms with E-state index in [1.807, 2.05) is 0 Å². The second-order valence-electron chi connectivity index (χ2n) is 3.59. The summed E-state index contributed by atoms with van der Waals surface area (Å²) in [6.07, 6.45) is 3.21. The summed E-state index contributed by atoms with van der Waals surface area (Å²) in [5.74, 6) is 5.47. The van der Waals surface area contributed by atoms with E-state index in [1.165, 1.54) is 12.1 Å². The number of hydrogen-bond donors (Lipinski definition) is 1. The molecule has 0 saturated carbocycles. The Morgan fingerprint density at radius 3 is 2.74 bits per heavy atom. The minimum atomic E-state index is -0.450. The third-order valence-corrected chi connectivity index (χ3v) is 2.17. The minimum Gasteiger partial charge on any atom is -0.485 e. The molecule has 0 amide bonds. The Balaban J connectivity index is 2.10. The van der Waals surface area contributed by atoms with Crippen LogP contribution in [-0.4, -0.2) is 21.7 Å². The predicted molar refractivity (Wildman–Crippen MR) is 66.7 cm³/mol. The number of rotatable bonds is 3. The fourth-order valence-electron chi connectivity index (χ4n) is 1.41. The van der Waals surface area contributed by atoms with Crippen molar-refractivity contribution >= 4 is 0 Å². The maximum absolute atomic E-state index is 13.3. The fraction of sp³-hybridized carbons (Fsp3) is 0.143. The highest BCUT2D eigenvalue weighted by molar-refractivity contribution is 5.40. The number of aliphatic hydroxyl groups excluding tert-OH is 1. The predicted octanol–water partition coefficient (Wildman–Crippen LogP) is 1.54. The minimum absolute atomic E-state index is 0.150. The monoisotopic (exact) mass is 258 g/mol. The molecule has 19 heavy (non-hydrogen) atoms. The van der Waals surface area contributed by atoms with Gasteiger partial charge in [-0.25, -0.2) is 14.4 Å². The summed E-state index contributed by atoms with van der Waals surface area (Å²) < 4.78 is 18.7. The van der Waals surface area contributed by atoms with E-state index in [0.29, 0.717) is 17.1 Å². The Morgan fingerprint density at radius 1 is 1.21 bits per heavy atom. The lowest BCUT2D eigenvalue weighted by Gasteiger charge is -2.05. The van der Waals surface area contributed by atoms with Gasteiger partial charge in [-0.05, 0) is 18.2 Å². The second-order valence-corrected chi connectivity index (χ2v) is 3.59. The molecule has 0 fully saturated rings. The maximum Gasteiger partial charge on any atom is 0.166 e. The maximum atomic E-state index is 13.3. The molecule has 0 atom stereocenters. The van der Waals surface area contributed by atoms with Crippen LogP contribution >= 0.6 is 0 Å². The van der Waals surface area contributed by atoms with Crippen molar-refractivity contribution in [1.82, 2.24) is 9.97 Å². The normalized spacial score (nSPS) is 9.58. The van der Waals surface area contributed by atoms with Crippen LogP contribution in [0, 0.1) is 17.7 Å². The standard InChI is InChI=1S/C14H11FN2O2/c15-12-7-11(3-1-6-18)8-13(9-12)19-10-14-16-4-2-5-17-14/h2,4-5,7-9,18H,6,10H2. The van der Waals surface area contributed by atoms with Crippen molar-refractivity contribution in [2.24, 2.45) is 0 Å². The van der Waals surface area contributed by atoms with Crippen molar-refractivity contribution in [3.8, 4) is 17.6 Å². The van der Waals surface area contributed by atoms with E-state index < -0.39 is 5.82 Å². The van der Waals surface area contributed by atoms with Gasteiger partial charge in [-0.2, -0.15) is 0 Å². The van der Waals surface area contributed by atoms with Crippen LogP contribution in [0.4, 0.5) is 4.39 Å². The van der Waals surface area contributed by atoms with Crippen LogP contribution in [0.15, 0.2) is 36.7 Å². The first-order valence-electron chi connectivity index (χ1n) is 5.57. The smallest absolute Gasteiger partial charge is 0.166 e. The lowest BCUT2D eigenvalue weighted by molar-refractivity contribution is 0.294. The Bertz CT molecular complexity index is 606. The molecule has 4 nitrogen and oxygen atoms in total. The lowest BCUT2D eigenvalue weighted by atomic mass is 10.2. The van der Waals surface area contributed by atoms with Gasteiger partial charge in [-0.1, -0.05) is 11.8 Å². The zero-order chi connectivity index (χ0) is 13.5. The van der Waals surface area contributed by atoms with Gasteiger partial charge in [-0.3, -0.25) is 0 Å². The largest absolute Gasteiger partial charge is 0.485 e. The molecule has 0 aliphatic heterocycles. The molecule has 0 unspecified atom stereocenters. The zero-order valence-corrected chi connectivity index (χ0v) is 10.0. The SMILES string of the molecule is OCC#Cc1cc(F)cc(OCc2ncccn2)c1. The molecule has 1 heterocycles. The lowest BCUT2D eigenvalue weighted by Crippen LogP contribution is -2.00. The van der Waals surface area contributed by atoms with Crippen LogP contribution in [0.2, 0.25) is 0 Å². The Kier molecular flexibility index (Phi) is 4.43. The molecule has 2 aromatic rings. The van der Waals surface area contributed by atoms with Crippen molar-refractivity contribution in [1.29, 1.82) is 0 Å². The molecule has 0 spiro atoms. The van der Waals surface area contributed by atoms with Gasteiger partial charge in [0.25, 0.3) is 0 Å². The highest BCUT2D eigenvalue weighted by Gasteiger charge is 2.02. The van der Waals surface area contributed by atoms with E-state index >= 15 is 0 Å². The molecule has 0 saturated heterocycles. The number of nitrogens with zero attached hydrogens (tertiary/aromatic N) is 2. The second kappa shape index (κ2) is 6.47.